The van der Waals surface area contributed by atoms with Crippen LogP contribution >= 0.6 is 0 Å². The van der Waals surface area contributed by atoms with Gasteiger partial charge >= 0.3 is 0 Å². The molecule has 2 heterocycles. The van der Waals surface area contributed by atoms with Crippen molar-refractivity contribution in [2.75, 3.05) is 16.8 Å². The second-order valence-electron chi connectivity index (χ2n) is 7.38. The highest BCUT2D eigenvalue weighted by molar-refractivity contribution is 5.83. The first-order valence-electron chi connectivity index (χ1n) is 10.00. The van der Waals surface area contributed by atoms with Crippen LogP contribution < -0.4 is 10.2 Å². The largest absolute Gasteiger partial charge is 0.361 e. The van der Waals surface area contributed by atoms with Gasteiger partial charge in [0.2, 0.25) is 5.95 Å². The lowest BCUT2D eigenvalue weighted by Crippen LogP contribution is -2.31. The Labute approximate surface area is 171 Å². The predicted molar refractivity (Wildman–Crippen MR) is 118 cm³/mol. The number of aromatic nitrogens is 4. The maximum Gasteiger partial charge on any atom is 0.244 e. The van der Waals surface area contributed by atoms with Gasteiger partial charge in [-0.25, -0.2) is 0 Å². The molecule has 4 aromatic rings. The molecule has 6 nitrogen and oxygen atoms in total. The molecule has 2 aromatic heterocycles. The van der Waals surface area contributed by atoms with Crippen molar-refractivity contribution in [1.82, 2.24) is 20.2 Å². The quantitative estimate of drug-likeness (QED) is 0.469. The Morgan fingerprint density at radius 1 is 1.03 bits per heavy atom. The monoisotopic (exact) mass is 386 g/mol. The molecular weight excluding hydrogens is 360 g/mol. The summed E-state index contributed by atoms with van der Waals surface area (Å²) in [5, 5.41) is 12.9. The van der Waals surface area contributed by atoms with Crippen molar-refractivity contribution in [3.05, 3.63) is 78.1 Å². The van der Waals surface area contributed by atoms with E-state index in [1.165, 1.54) is 16.5 Å². The molecule has 0 bridgehead atoms. The molecule has 0 aliphatic rings. The van der Waals surface area contributed by atoms with Gasteiger partial charge in [-0.3, -0.25) is 0 Å². The maximum absolute atomic E-state index is 4.71. The summed E-state index contributed by atoms with van der Waals surface area (Å²) in [5.41, 5.74) is 3.69. The van der Waals surface area contributed by atoms with Crippen LogP contribution in [0.3, 0.4) is 0 Å². The fourth-order valence-corrected chi connectivity index (χ4v) is 3.46. The number of H-pyrrole nitrogens is 1. The first-order chi connectivity index (χ1) is 14.2. The fourth-order valence-electron chi connectivity index (χ4n) is 3.46. The number of fused-ring (bicyclic) bond motifs is 1. The second kappa shape index (κ2) is 8.73. The van der Waals surface area contributed by atoms with Crippen LogP contribution in [0.5, 0.6) is 0 Å². The van der Waals surface area contributed by atoms with E-state index < -0.39 is 0 Å². The molecule has 0 fully saturated rings. The van der Waals surface area contributed by atoms with Gasteiger partial charge in [-0.15, -0.1) is 5.10 Å². The van der Waals surface area contributed by atoms with E-state index in [4.69, 9.17) is 4.98 Å². The average molecular weight is 387 g/mol. The van der Waals surface area contributed by atoms with Gasteiger partial charge in [0.1, 0.15) is 0 Å². The van der Waals surface area contributed by atoms with Crippen molar-refractivity contribution < 1.29 is 0 Å². The van der Waals surface area contributed by atoms with Crippen LogP contribution in [0.1, 0.15) is 25.0 Å². The summed E-state index contributed by atoms with van der Waals surface area (Å²) in [7, 11) is 0. The van der Waals surface area contributed by atoms with Gasteiger partial charge in [-0.05, 0) is 37.5 Å². The highest BCUT2D eigenvalue weighted by atomic mass is 15.3. The summed E-state index contributed by atoms with van der Waals surface area (Å²) in [6, 6.07) is 19.1. The number of hydrogen-bond acceptors (Lipinski definition) is 5. The molecule has 148 valence electrons. The molecule has 0 aliphatic carbocycles. The van der Waals surface area contributed by atoms with Crippen LogP contribution in [0, 0.1) is 0 Å². The van der Waals surface area contributed by atoms with Gasteiger partial charge in [0.05, 0.1) is 6.20 Å². The average Bonchev–Trinajstić information content (AvgIpc) is 3.16. The van der Waals surface area contributed by atoms with Crippen LogP contribution in [0.25, 0.3) is 10.9 Å². The standard InChI is InChI=1S/C23H26N6/c1-17(2)29(16-18-8-4-3-5-9-18)22-15-26-28-23(27-22)24-13-12-19-14-25-21-11-7-6-10-20(19)21/h3-11,14-15,17,25H,12-13,16H2,1-2H3,(H,24,27,28). The fraction of sp³-hybridized carbons (Fsp3) is 0.261. The number of nitrogens with zero attached hydrogens (tertiary/aromatic N) is 4. The Kier molecular flexibility index (Phi) is 5.70. The van der Waals surface area contributed by atoms with E-state index in [0.717, 1.165) is 30.8 Å². The smallest absolute Gasteiger partial charge is 0.244 e. The molecule has 0 spiro atoms. The van der Waals surface area contributed by atoms with Crippen molar-refractivity contribution in [3.8, 4) is 0 Å². The zero-order chi connectivity index (χ0) is 20.1. The number of aromatic amines is 1. The summed E-state index contributed by atoms with van der Waals surface area (Å²) in [6.07, 6.45) is 4.69. The molecule has 0 saturated carbocycles. The molecule has 4 rings (SSSR count). The van der Waals surface area contributed by atoms with Crippen LogP contribution in [-0.2, 0) is 13.0 Å². The third-order valence-corrected chi connectivity index (χ3v) is 5.01. The second-order valence-corrected chi connectivity index (χ2v) is 7.38. The van der Waals surface area contributed by atoms with Gasteiger partial charge in [0.25, 0.3) is 0 Å². The van der Waals surface area contributed by atoms with Gasteiger partial charge in [0, 0.05) is 36.2 Å². The Hall–Kier alpha value is -3.41. The normalized spacial score (nSPS) is 11.1. The minimum Gasteiger partial charge on any atom is -0.361 e. The van der Waals surface area contributed by atoms with E-state index in [2.05, 4.69) is 87.9 Å². The number of nitrogens with one attached hydrogen (secondary N) is 2. The number of para-hydroxylation sites is 1. The minimum atomic E-state index is 0.297. The first-order valence-corrected chi connectivity index (χ1v) is 10.00. The Morgan fingerprint density at radius 2 is 1.83 bits per heavy atom. The lowest BCUT2D eigenvalue weighted by molar-refractivity contribution is 0.667. The van der Waals surface area contributed by atoms with Gasteiger partial charge in [0.15, 0.2) is 5.82 Å². The molecule has 0 radical (unpaired) electrons. The van der Waals surface area contributed by atoms with Gasteiger partial charge < -0.3 is 15.2 Å². The molecule has 0 amide bonds. The lowest BCUT2D eigenvalue weighted by Gasteiger charge is -2.27. The van der Waals surface area contributed by atoms with Gasteiger partial charge in [-0.1, -0.05) is 48.5 Å². The predicted octanol–water partition coefficient (Wildman–Crippen LogP) is 4.42. The third kappa shape index (κ3) is 4.54. The number of rotatable bonds is 8. The molecule has 0 unspecified atom stereocenters. The Morgan fingerprint density at radius 3 is 2.66 bits per heavy atom. The maximum atomic E-state index is 4.71. The molecule has 29 heavy (non-hydrogen) atoms. The van der Waals surface area contributed by atoms with E-state index in [9.17, 15) is 0 Å². The zero-order valence-corrected chi connectivity index (χ0v) is 16.8. The van der Waals surface area contributed by atoms with Crippen molar-refractivity contribution >= 4 is 22.7 Å². The van der Waals surface area contributed by atoms with Crippen molar-refractivity contribution in [2.45, 2.75) is 32.9 Å². The highest BCUT2D eigenvalue weighted by Gasteiger charge is 2.14. The van der Waals surface area contributed by atoms with Gasteiger partial charge in [-0.2, -0.15) is 10.1 Å². The summed E-state index contributed by atoms with van der Waals surface area (Å²) < 4.78 is 0. The van der Waals surface area contributed by atoms with Crippen LogP contribution in [0.2, 0.25) is 0 Å². The van der Waals surface area contributed by atoms with E-state index >= 15 is 0 Å². The molecule has 0 aliphatic heterocycles. The molecule has 2 N–H and O–H groups in total. The molecule has 0 saturated heterocycles. The first kappa shape index (κ1) is 18.9. The van der Waals surface area contributed by atoms with Crippen molar-refractivity contribution in [3.63, 3.8) is 0 Å². The zero-order valence-electron chi connectivity index (χ0n) is 16.8. The topological polar surface area (TPSA) is 69.7 Å². The highest BCUT2D eigenvalue weighted by Crippen LogP contribution is 2.19. The van der Waals surface area contributed by atoms with Crippen LogP contribution in [0.4, 0.5) is 11.8 Å². The van der Waals surface area contributed by atoms with Crippen molar-refractivity contribution in [2.24, 2.45) is 0 Å². The summed E-state index contributed by atoms with van der Waals surface area (Å²) >= 11 is 0. The number of hydrogen-bond donors (Lipinski definition) is 2. The third-order valence-electron chi connectivity index (χ3n) is 5.01. The van der Waals surface area contributed by atoms with Crippen LogP contribution in [0.15, 0.2) is 67.0 Å². The summed E-state index contributed by atoms with van der Waals surface area (Å²) in [5.74, 6) is 1.38. The molecule has 6 heteroatoms. The Bertz CT molecular complexity index is 1060. The van der Waals surface area contributed by atoms with E-state index in [-0.39, 0.29) is 0 Å². The lowest BCUT2D eigenvalue weighted by atomic mass is 10.1. The van der Waals surface area contributed by atoms with Crippen LogP contribution in [-0.4, -0.2) is 32.8 Å². The SMILES string of the molecule is CC(C)N(Cc1ccccc1)c1cnnc(NCCc2c[nH]c3ccccc23)n1. The number of benzene rings is 2. The summed E-state index contributed by atoms with van der Waals surface area (Å²) in [4.78, 5) is 10.3. The molecular formula is C23H26N6. The molecule has 0 atom stereocenters. The minimum absolute atomic E-state index is 0.297. The van der Waals surface area contributed by atoms with E-state index in [0.29, 0.717) is 12.0 Å². The Balaban J connectivity index is 1.43. The summed E-state index contributed by atoms with van der Waals surface area (Å²) in [6.45, 7) is 5.85. The van der Waals surface area contributed by atoms with E-state index in [1.807, 2.05) is 12.1 Å². The number of anilines is 2. The van der Waals surface area contributed by atoms with Crippen molar-refractivity contribution in [1.29, 1.82) is 0 Å². The molecule has 2 aromatic carbocycles. The van der Waals surface area contributed by atoms with E-state index in [1.54, 1.807) is 6.20 Å².